The standard InChI is InChI=1S/C53H55F3N10O5/c1-57-42-27-48(68)65(30-41(42)56)43-13-18-58-50-38(43)26-37(60(50)2)29-64-21-16-34(17-22-64)49-39(54)24-35(25-40(49)55)52(70)61(3)36-8-6-32(7-9-36)33-14-19-63(20-15-33)28-31-5-10-44-46(23-31)62(4)53(71)66(44)45-11-12-47(67)59-51(45)69/h5-10,13,18,23-27,30,33-34,45,57H,11-12,14-17,19-22,28-29H2,1-4H3,(H,59,67,69). The molecule has 7 aromatic rings. The van der Waals surface area contributed by atoms with E-state index in [1.807, 2.05) is 60.1 Å². The van der Waals surface area contributed by atoms with E-state index in [0.29, 0.717) is 72.9 Å². The number of aromatic nitrogens is 5. The number of imide groups is 1. The normalized spacial score (nSPS) is 17.6. The lowest BCUT2D eigenvalue weighted by Gasteiger charge is -2.32. The molecule has 2 N–H and O–H groups in total. The molecule has 71 heavy (non-hydrogen) atoms. The monoisotopic (exact) mass is 968 g/mol. The van der Waals surface area contributed by atoms with E-state index < -0.39 is 35.3 Å². The zero-order valence-electron chi connectivity index (χ0n) is 40.1. The van der Waals surface area contributed by atoms with Gasteiger partial charge in [-0.3, -0.25) is 48.0 Å². The van der Waals surface area contributed by atoms with E-state index >= 15 is 8.78 Å². The fraction of sp³-hybridized carbons (Fsp3) is 0.358. The molecule has 0 spiro atoms. The highest BCUT2D eigenvalue weighted by Gasteiger charge is 2.32. The maximum absolute atomic E-state index is 15.9. The van der Waals surface area contributed by atoms with E-state index in [2.05, 4.69) is 25.4 Å². The number of piperidine rings is 3. The van der Waals surface area contributed by atoms with Gasteiger partial charge in [0.25, 0.3) is 11.5 Å². The molecular weight excluding hydrogens is 914 g/mol. The molecule has 368 valence electrons. The number of carbonyl (C=O) groups excluding carboxylic acids is 3. The Hall–Kier alpha value is -7.31. The molecule has 1 atom stereocenters. The van der Waals surface area contributed by atoms with Crippen LogP contribution in [0.4, 0.5) is 24.5 Å². The quantitative estimate of drug-likeness (QED) is 0.133. The van der Waals surface area contributed by atoms with E-state index in [0.717, 1.165) is 60.4 Å². The molecular formula is C53H55F3N10O5. The Balaban J connectivity index is 0.733. The minimum absolute atomic E-state index is 0.00518. The van der Waals surface area contributed by atoms with Gasteiger partial charge in [-0.25, -0.2) is 22.9 Å². The minimum atomic E-state index is -0.737. The minimum Gasteiger partial charge on any atom is -0.386 e. The van der Waals surface area contributed by atoms with Crippen LogP contribution in [0.3, 0.4) is 0 Å². The third-order valence-corrected chi connectivity index (χ3v) is 15.0. The lowest BCUT2D eigenvalue weighted by molar-refractivity contribution is -0.135. The molecule has 15 nitrogen and oxygen atoms in total. The number of likely N-dealkylation sites (tertiary alicyclic amines) is 2. The Morgan fingerprint density at radius 1 is 0.775 bits per heavy atom. The SMILES string of the molecule is CNc1cc(=O)n(-c2ccnc3c2cc(CN2CCC(c4c(F)cc(C(=O)N(C)c5ccc(C6CCN(Cc7ccc8c(c7)n(C)c(=O)n8C7CCC(=O)NC7=O)CC6)cc5)cc4F)CC2)n3C)cc1F. The molecule has 1 unspecified atom stereocenters. The van der Waals surface area contributed by atoms with Crippen molar-refractivity contribution in [3.8, 4) is 5.69 Å². The van der Waals surface area contributed by atoms with Gasteiger partial charge in [-0.15, -0.1) is 0 Å². The molecule has 18 heteroatoms. The zero-order valence-corrected chi connectivity index (χ0v) is 40.1. The molecule has 0 bridgehead atoms. The predicted octanol–water partition coefficient (Wildman–Crippen LogP) is 6.85. The van der Waals surface area contributed by atoms with E-state index in [1.165, 1.54) is 26.3 Å². The second-order valence-electron chi connectivity index (χ2n) is 19.2. The number of imidazole rings is 1. The van der Waals surface area contributed by atoms with Crippen molar-refractivity contribution in [3.63, 3.8) is 0 Å². The summed E-state index contributed by atoms with van der Waals surface area (Å²) in [7, 11) is 6.73. The molecule has 3 aliphatic rings. The van der Waals surface area contributed by atoms with Crippen LogP contribution in [-0.4, -0.2) is 91.0 Å². The van der Waals surface area contributed by atoms with Crippen molar-refractivity contribution in [3.05, 3.63) is 151 Å². The fourth-order valence-electron chi connectivity index (χ4n) is 10.9. The molecule has 0 aliphatic carbocycles. The van der Waals surface area contributed by atoms with Crippen LogP contribution < -0.4 is 26.8 Å². The smallest absolute Gasteiger partial charge is 0.329 e. The Labute approximate surface area is 407 Å². The lowest BCUT2D eigenvalue weighted by Crippen LogP contribution is -2.44. The van der Waals surface area contributed by atoms with Gasteiger partial charge in [0.15, 0.2) is 5.82 Å². The number of halogens is 3. The number of aryl methyl sites for hydroxylation is 2. The number of nitrogens with one attached hydrogen (secondary N) is 2. The molecule has 0 radical (unpaired) electrons. The van der Waals surface area contributed by atoms with E-state index in [4.69, 9.17) is 0 Å². The second kappa shape index (κ2) is 19.1. The summed E-state index contributed by atoms with van der Waals surface area (Å²) in [5, 5.41) is 5.73. The third-order valence-electron chi connectivity index (χ3n) is 15.0. The number of anilines is 2. The first-order chi connectivity index (χ1) is 34.2. The summed E-state index contributed by atoms with van der Waals surface area (Å²) in [6, 6.07) is 20.0. The van der Waals surface area contributed by atoms with Crippen molar-refractivity contribution in [2.45, 2.75) is 69.5 Å². The van der Waals surface area contributed by atoms with Crippen LogP contribution in [0.25, 0.3) is 27.8 Å². The number of pyridine rings is 2. The molecule has 3 aromatic carbocycles. The average Bonchev–Trinajstić information content (AvgIpc) is 3.81. The Kier molecular flexibility index (Phi) is 12.8. The topological polar surface area (TPSA) is 152 Å². The van der Waals surface area contributed by atoms with Gasteiger partial charge in [0.1, 0.15) is 23.3 Å². The maximum atomic E-state index is 15.9. The molecule has 3 fully saturated rings. The highest BCUT2D eigenvalue weighted by Crippen LogP contribution is 2.35. The van der Waals surface area contributed by atoms with Crippen molar-refractivity contribution >= 4 is 51.2 Å². The summed E-state index contributed by atoms with van der Waals surface area (Å²) >= 11 is 0. The third kappa shape index (κ3) is 8.94. The molecule has 10 rings (SSSR count). The van der Waals surface area contributed by atoms with Gasteiger partial charge >= 0.3 is 5.69 Å². The summed E-state index contributed by atoms with van der Waals surface area (Å²) in [6.07, 6.45) is 6.09. The Bertz CT molecular complexity index is 3340. The van der Waals surface area contributed by atoms with Crippen molar-refractivity contribution in [2.75, 3.05) is 50.5 Å². The molecule has 3 saturated heterocycles. The van der Waals surface area contributed by atoms with E-state index in [-0.39, 0.29) is 52.7 Å². The average molecular weight is 969 g/mol. The van der Waals surface area contributed by atoms with Gasteiger partial charge < -0.3 is 14.8 Å². The molecule has 7 heterocycles. The fourth-order valence-corrected chi connectivity index (χ4v) is 10.9. The summed E-state index contributed by atoms with van der Waals surface area (Å²) < 4.78 is 52.7. The van der Waals surface area contributed by atoms with Gasteiger partial charge in [-0.1, -0.05) is 18.2 Å². The molecule has 3 amide bonds. The molecule has 4 aromatic heterocycles. The van der Waals surface area contributed by atoms with Crippen molar-refractivity contribution in [2.24, 2.45) is 14.1 Å². The van der Waals surface area contributed by atoms with E-state index in [1.54, 1.807) is 38.0 Å². The van der Waals surface area contributed by atoms with Gasteiger partial charge in [0.05, 0.1) is 28.6 Å². The van der Waals surface area contributed by atoms with Crippen LogP contribution in [0, 0.1) is 17.5 Å². The number of carbonyl (C=O) groups is 3. The highest BCUT2D eigenvalue weighted by atomic mass is 19.1. The number of hydrogen-bond donors (Lipinski definition) is 2. The summed E-state index contributed by atoms with van der Waals surface area (Å²) in [6.45, 7) is 4.11. The zero-order chi connectivity index (χ0) is 49.8. The second-order valence-corrected chi connectivity index (χ2v) is 19.2. The number of fused-ring (bicyclic) bond motifs is 2. The first-order valence-electron chi connectivity index (χ1n) is 24.1. The summed E-state index contributed by atoms with van der Waals surface area (Å²) in [4.78, 5) is 74.7. The molecule has 0 saturated carbocycles. The number of rotatable bonds is 11. The van der Waals surface area contributed by atoms with Crippen LogP contribution in [0.2, 0.25) is 0 Å². The maximum Gasteiger partial charge on any atom is 0.329 e. The number of hydrogen-bond acceptors (Lipinski definition) is 9. The first-order valence-corrected chi connectivity index (χ1v) is 24.1. The van der Waals surface area contributed by atoms with Gasteiger partial charge in [0.2, 0.25) is 11.8 Å². The van der Waals surface area contributed by atoms with Crippen LogP contribution in [0.5, 0.6) is 0 Å². The van der Waals surface area contributed by atoms with Crippen LogP contribution >= 0.6 is 0 Å². The summed E-state index contributed by atoms with van der Waals surface area (Å²) in [5.74, 6) is -3.40. The van der Waals surface area contributed by atoms with Crippen molar-refractivity contribution in [1.82, 2.24) is 38.4 Å². The number of nitrogens with zero attached hydrogens (tertiary/aromatic N) is 8. The Morgan fingerprint density at radius 3 is 2.13 bits per heavy atom. The van der Waals surface area contributed by atoms with Crippen molar-refractivity contribution in [1.29, 1.82) is 0 Å². The number of amides is 3. The first kappa shape index (κ1) is 47.4. The van der Waals surface area contributed by atoms with Crippen LogP contribution in [0.1, 0.15) is 89.1 Å². The van der Waals surface area contributed by atoms with Gasteiger partial charge in [-0.05, 0) is 130 Å². The van der Waals surface area contributed by atoms with Gasteiger partial charge in [0, 0.05) is 87.9 Å². The molecule has 3 aliphatic heterocycles. The Morgan fingerprint density at radius 2 is 1.45 bits per heavy atom. The predicted molar refractivity (Wildman–Crippen MR) is 264 cm³/mol. The van der Waals surface area contributed by atoms with E-state index in [9.17, 15) is 28.4 Å². The van der Waals surface area contributed by atoms with Gasteiger partial charge in [-0.2, -0.15) is 0 Å². The highest BCUT2D eigenvalue weighted by molar-refractivity contribution is 6.06. The summed E-state index contributed by atoms with van der Waals surface area (Å²) in [5.41, 5.74) is 5.62. The number of benzene rings is 3. The lowest BCUT2D eigenvalue weighted by atomic mass is 9.88. The van der Waals surface area contributed by atoms with Crippen LogP contribution in [0.15, 0.2) is 94.8 Å². The largest absolute Gasteiger partial charge is 0.386 e. The van der Waals surface area contributed by atoms with Crippen LogP contribution in [-0.2, 0) is 36.8 Å². The van der Waals surface area contributed by atoms with Crippen molar-refractivity contribution < 1.29 is 27.6 Å².